The van der Waals surface area contributed by atoms with Crippen LogP contribution in [0.4, 0.5) is 14.4 Å². The summed E-state index contributed by atoms with van der Waals surface area (Å²) in [6.07, 6.45) is -3.45. The summed E-state index contributed by atoms with van der Waals surface area (Å²) in [7, 11) is 1.29. The van der Waals surface area contributed by atoms with E-state index in [0.717, 1.165) is 118 Å². The SMILES string of the molecule is CCCCCCCCCNC(=O)NC(=O)C[C@@H]1NC(=O)[C@H](NC(=O)[C@@H](CC(C)C)N(C)C(=O)OC(C)(C)C)[C@H](O)C2=CC(C)=C(Oc3cc4cc(c3O[C@@H]3O[C@H](CNC(=O)OC(C)(C)C)[C@@H](O)[C@H](O)[C@H]3O)OC3=CC=C([C@@H](O)[C@@H]5NC(=O)[C@H](NC(=O)C4NC1=O)c1ccc(O)c(c1)-c1c(O)cc(O)cc1[C@@H](C(=O)NC1C4CC6CC(C4)CC1C6)NC5=O)[C@]3(C)Cl)C2C. The first-order valence-electron chi connectivity index (χ1n) is 43.6. The molecule has 2 unspecified atom stereocenters. The summed E-state index contributed by atoms with van der Waals surface area (Å²) >= 11 is 7.73. The number of carbonyl (C=O) groups excluding carboxylic acids is 11. The molecule has 16 atom stereocenters. The molecule has 0 spiro atoms. The largest absolute Gasteiger partial charge is 0.508 e. The summed E-state index contributed by atoms with van der Waals surface area (Å²) < 4.78 is 37.9. The standard InChI is InChI=1S/C90H120ClN11O25/c1-14-15-16-17-18-19-20-25-92-85(119)95-62(106)38-54-77(112)97-66-48-34-58(76(125-84-74(111)73(110)72(109)60(124-84)39-93-86(120)126-88(6,7)8)59(35-48)123-75-41(4)27-50(42(75)5)70(107)68(82(117)94-54)100-78(113)55(26-40(2)3)102(13)87(121)127-89(9,10)11)122-61-24-22-53(90(61,12)91)71(108)69-83(118)99-67(81(116)96-64-46-29-43-28-44(31-46)32-47(64)30-43)52-36-49(103)37-57(105)63(52)51-33-45(21-23-56(51)104)65(79(114)101-69)98-80(66)115/h21-24,27,33-37,40,42-44,46-47,54-55,60,64-74,84,103-105,107-111H,14-20,25-26,28-32,38-39H2,1-13H3,(H,93,120)(H,94,117)(H,96,116)(H,97,112)(H,98,115)(H,99,118)(H,100,113)(H,101,114)(H2,92,95,106,119)/t42?,43?,44?,46?,47?,54-,55+,60+,64?,65+,66?,67-,68+,69-,70+,71+,72+,73-,74+,84-,90-/m0/s1. The molecule has 4 aliphatic heterocycles. The second-order valence-electron chi connectivity index (χ2n) is 37.4. The van der Waals surface area contributed by atoms with Crippen LogP contribution < -0.4 is 67.4 Å². The number of urea groups is 1. The van der Waals surface area contributed by atoms with Crippen LogP contribution in [0.5, 0.6) is 34.5 Å². The zero-order chi connectivity index (χ0) is 92.5. The highest BCUT2D eigenvalue weighted by molar-refractivity contribution is 6.28. The van der Waals surface area contributed by atoms with Crippen molar-refractivity contribution in [3.63, 3.8) is 0 Å². The number of fused-ring (bicyclic) bond motifs is 14. The van der Waals surface area contributed by atoms with Crippen LogP contribution in [0.3, 0.4) is 0 Å². The van der Waals surface area contributed by atoms with Crippen molar-refractivity contribution in [3.05, 3.63) is 106 Å². The van der Waals surface area contributed by atoms with Crippen molar-refractivity contribution < 1.29 is 122 Å². The Morgan fingerprint density at radius 2 is 1.31 bits per heavy atom. The van der Waals surface area contributed by atoms with Crippen LogP contribution in [0, 0.1) is 35.5 Å². The average Bonchev–Trinajstić information content (AvgIpc) is 1.68. The van der Waals surface area contributed by atoms with Gasteiger partial charge >= 0.3 is 18.2 Å². The minimum Gasteiger partial charge on any atom is -0.508 e. The predicted molar refractivity (Wildman–Crippen MR) is 457 cm³/mol. The lowest BCUT2D eigenvalue weighted by molar-refractivity contribution is -0.270. The number of allylic oxidation sites excluding steroid dienone is 6. The summed E-state index contributed by atoms with van der Waals surface area (Å²) in [5, 5.41) is 124. The van der Waals surface area contributed by atoms with Gasteiger partial charge in [0.15, 0.2) is 11.5 Å². The number of nitrogens with zero attached hydrogens (tertiary/aromatic N) is 1. The second kappa shape index (κ2) is 39.1. The van der Waals surface area contributed by atoms with E-state index in [-0.39, 0.29) is 81.2 Å². The van der Waals surface area contributed by atoms with Crippen LogP contribution in [0.2, 0.25) is 0 Å². The van der Waals surface area contributed by atoms with Crippen LogP contribution in [0.25, 0.3) is 11.1 Å². The molecule has 37 heteroatoms. The fourth-order valence-corrected chi connectivity index (χ4v) is 18.9. The number of alkyl carbamates (subject to hydrolysis) is 1. The lowest BCUT2D eigenvalue weighted by Gasteiger charge is -2.54. The van der Waals surface area contributed by atoms with Crippen LogP contribution >= 0.6 is 11.6 Å². The number of likely N-dealkylation sites (N-methyl/N-ethyl adjacent to an activating group) is 1. The summed E-state index contributed by atoms with van der Waals surface area (Å²) in [6, 6.07) is -8.73. The van der Waals surface area contributed by atoms with Gasteiger partial charge in [0.1, 0.15) is 124 Å². The zero-order valence-electron chi connectivity index (χ0n) is 73.6. The van der Waals surface area contributed by atoms with E-state index in [2.05, 4.69) is 60.1 Å². The molecule has 4 saturated carbocycles. The molecule has 3 aromatic rings. The van der Waals surface area contributed by atoms with Gasteiger partial charge in [-0.3, -0.25) is 48.6 Å². The third-order valence-corrected chi connectivity index (χ3v) is 25.2. The van der Waals surface area contributed by atoms with Crippen molar-refractivity contribution in [1.82, 2.24) is 58.1 Å². The highest BCUT2D eigenvalue weighted by atomic mass is 35.5. The number of phenolic OH excluding ortho intramolecular Hbond substituents is 3. The molecule has 0 aromatic heterocycles. The smallest absolute Gasteiger partial charge is 0.410 e. The molecule has 10 aliphatic rings. The Hall–Kier alpha value is -10.8. The molecule has 13 rings (SSSR count). The summed E-state index contributed by atoms with van der Waals surface area (Å²) in [5.41, 5.74) is -4.12. The number of carbonyl (C=O) groups is 11. The number of aliphatic hydroxyl groups is 5. The molecule has 12 amide bonds. The van der Waals surface area contributed by atoms with E-state index >= 15 is 33.6 Å². The molecule has 3 aromatic carbocycles. The van der Waals surface area contributed by atoms with E-state index in [1.807, 2.05) is 0 Å². The first-order chi connectivity index (χ1) is 59.8. The van der Waals surface area contributed by atoms with Crippen molar-refractivity contribution in [2.45, 2.75) is 280 Å². The number of amides is 12. The van der Waals surface area contributed by atoms with Gasteiger partial charge in [0, 0.05) is 49.3 Å². The number of hydrogen-bond donors (Lipinski definition) is 18. The van der Waals surface area contributed by atoms with Crippen molar-refractivity contribution >= 4 is 77.1 Å². The van der Waals surface area contributed by atoms with Crippen LogP contribution in [0.1, 0.15) is 208 Å². The number of unbranched alkanes of at least 4 members (excludes halogenated alkanes) is 6. The van der Waals surface area contributed by atoms with E-state index in [1.165, 1.54) is 46.0 Å². The van der Waals surface area contributed by atoms with Crippen LogP contribution in [-0.2, 0) is 52.6 Å². The number of alkyl halides is 1. The van der Waals surface area contributed by atoms with E-state index in [1.54, 1.807) is 55.4 Å². The maximum absolute atomic E-state index is 16.7. The number of rotatable bonds is 21. The molecule has 18 N–H and O–H groups in total. The fourth-order valence-electron chi connectivity index (χ4n) is 18.7. The number of nitrogens with one attached hydrogen (secondary N) is 10. The van der Waals surface area contributed by atoms with Crippen LogP contribution in [-0.4, -0.2) is 221 Å². The second-order valence-corrected chi connectivity index (χ2v) is 38.2. The molecule has 1 saturated heterocycles. The Morgan fingerprint density at radius 3 is 1.97 bits per heavy atom. The van der Waals surface area contributed by atoms with Crippen molar-refractivity contribution in [3.8, 4) is 45.6 Å². The number of phenols is 3. The molecule has 127 heavy (non-hydrogen) atoms. The van der Waals surface area contributed by atoms with E-state index in [9.17, 15) is 60.0 Å². The lowest BCUT2D eigenvalue weighted by Crippen LogP contribution is -2.61. The number of imide groups is 1. The maximum atomic E-state index is 16.7. The van der Waals surface area contributed by atoms with E-state index in [0.29, 0.717) is 18.3 Å². The minimum atomic E-state index is -2.39. The molecular formula is C90H120ClN11O25. The fraction of sp³-hybridized carbons (Fsp3) is 0.589. The van der Waals surface area contributed by atoms with Crippen molar-refractivity contribution in [2.24, 2.45) is 35.5 Å². The molecule has 692 valence electrons. The molecule has 36 nitrogen and oxygen atoms in total. The Morgan fingerprint density at radius 1 is 0.685 bits per heavy atom. The number of hydrogen-bond acceptors (Lipinski definition) is 25. The normalized spacial score (nSPS) is 29.5. The van der Waals surface area contributed by atoms with E-state index < -0.39 is 232 Å². The molecular weight excluding hydrogens is 1670 g/mol. The first-order valence-corrected chi connectivity index (χ1v) is 44.0. The van der Waals surface area contributed by atoms with Gasteiger partial charge in [-0.1, -0.05) is 84.4 Å². The van der Waals surface area contributed by atoms with Gasteiger partial charge < -0.3 is 117 Å². The van der Waals surface area contributed by atoms with Gasteiger partial charge in [-0.25, -0.2) is 14.4 Å². The van der Waals surface area contributed by atoms with Crippen molar-refractivity contribution in [1.29, 1.82) is 0 Å². The first kappa shape index (κ1) is 95.3. The maximum Gasteiger partial charge on any atom is 0.410 e. The minimum absolute atomic E-state index is 0.0462. The zero-order valence-corrected chi connectivity index (χ0v) is 74.3. The predicted octanol–water partition coefficient (Wildman–Crippen LogP) is 6.19. The lowest BCUT2D eigenvalue weighted by atomic mass is 9.54. The summed E-state index contributed by atoms with van der Waals surface area (Å²) in [6.45, 7) is 19.0. The van der Waals surface area contributed by atoms with Gasteiger partial charge in [0.05, 0.1) is 6.42 Å². The Labute approximate surface area is 740 Å². The Balaban J connectivity index is 1.04. The van der Waals surface area contributed by atoms with Gasteiger partial charge in [0.25, 0.3) is 0 Å². The van der Waals surface area contributed by atoms with Gasteiger partial charge in [-0.2, -0.15) is 0 Å². The van der Waals surface area contributed by atoms with Crippen LogP contribution in [0.15, 0.2) is 88.9 Å². The average molecular weight is 1790 g/mol. The number of aromatic hydroxyl groups is 3. The van der Waals surface area contributed by atoms with Gasteiger partial charge in [-0.05, 0) is 200 Å². The summed E-state index contributed by atoms with van der Waals surface area (Å²) in [5.74, 6) is -15.1. The number of halogens is 1. The van der Waals surface area contributed by atoms with Crippen molar-refractivity contribution in [2.75, 3.05) is 20.1 Å². The quantitative estimate of drug-likeness (QED) is 0.0417. The number of benzene rings is 3. The monoisotopic (exact) mass is 1790 g/mol. The topological polar surface area (TPSA) is 529 Å². The van der Waals surface area contributed by atoms with E-state index in [4.69, 9.17) is 40.0 Å². The molecule has 4 heterocycles. The molecule has 15 bridgehead atoms. The molecule has 5 fully saturated rings. The highest BCUT2D eigenvalue weighted by Crippen LogP contribution is 2.55. The van der Waals surface area contributed by atoms with Gasteiger partial charge in [-0.15, -0.1) is 11.6 Å². The number of ether oxygens (including phenoxy) is 6. The Kier molecular flexibility index (Phi) is 29.3. The Bertz CT molecular complexity index is 4850. The third-order valence-electron chi connectivity index (χ3n) is 24.8. The molecule has 0 radical (unpaired) electrons. The molecule has 6 aliphatic carbocycles. The van der Waals surface area contributed by atoms with Gasteiger partial charge in [0.2, 0.25) is 59.3 Å². The number of aliphatic hydroxyl groups excluding tert-OH is 5. The summed E-state index contributed by atoms with van der Waals surface area (Å²) in [4.78, 5) is 166. The third kappa shape index (κ3) is 21.8. The highest BCUT2D eigenvalue weighted by Gasteiger charge is 2.53.